The van der Waals surface area contributed by atoms with Gasteiger partial charge in [0.15, 0.2) is 6.54 Å². The fourth-order valence-corrected chi connectivity index (χ4v) is 4.33. The number of aromatic nitrogens is 1. The summed E-state index contributed by atoms with van der Waals surface area (Å²) in [6.45, 7) is 10.1. The molecule has 0 fully saturated rings. The zero-order chi connectivity index (χ0) is 16.1. The Morgan fingerprint density at radius 3 is 2.78 bits per heavy atom. The van der Waals surface area contributed by atoms with Crippen LogP contribution in [0.5, 0.6) is 0 Å². The molecule has 0 N–H and O–H groups in total. The quantitative estimate of drug-likeness (QED) is 0.640. The van der Waals surface area contributed by atoms with E-state index in [1.54, 1.807) is 0 Å². The minimum absolute atomic E-state index is 0.688. The van der Waals surface area contributed by atoms with Gasteiger partial charge in [-0.2, -0.15) is 4.57 Å². The molecule has 1 heteroatoms. The smallest absolute Gasteiger partial charge is 0.187 e. The van der Waals surface area contributed by atoms with Crippen LogP contribution in [0.2, 0.25) is 0 Å². The fraction of sp³-hybridized carbons (Fsp3) is 0.409. The fourth-order valence-electron chi connectivity index (χ4n) is 4.33. The van der Waals surface area contributed by atoms with Crippen molar-refractivity contribution in [2.45, 2.75) is 47.1 Å². The molecule has 0 spiro atoms. The summed E-state index contributed by atoms with van der Waals surface area (Å²) in [5.41, 5.74) is 7.12. The van der Waals surface area contributed by atoms with Gasteiger partial charge in [0.25, 0.3) is 0 Å². The molecule has 1 aliphatic carbocycles. The van der Waals surface area contributed by atoms with Gasteiger partial charge in [-0.3, -0.25) is 0 Å². The van der Waals surface area contributed by atoms with Crippen molar-refractivity contribution in [2.24, 2.45) is 11.8 Å². The first-order valence-electron chi connectivity index (χ1n) is 8.88. The topological polar surface area (TPSA) is 3.88 Å². The van der Waals surface area contributed by atoms with Crippen molar-refractivity contribution in [3.05, 3.63) is 51.5 Å². The molecule has 0 radical (unpaired) electrons. The maximum absolute atomic E-state index is 2.54. The van der Waals surface area contributed by atoms with E-state index in [9.17, 15) is 0 Å². The minimum atomic E-state index is 0.688. The second kappa shape index (κ2) is 5.33. The average Bonchev–Trinajstić information content (AvgIpc) is 2.86. The van der Waals surface area contributed by atoms with Crippen LogP contribution in [0, 0.1) is 25.7 Å². The summed E-state index contributed by atoms with van der Waals surface area (Å²) in [6, 6.07) is 9.30. The van der Waals surface area contributed by atoms with E-state index in [4.69, 9.17) is 0 Å². The van der Waals surface area contributed by atoms with Crippen LogP contribution < -0.4 is 15.1 Å². The standard InChI is InChI=1S/C22H26N/c1-14(2)9-17-5-6-18-7-8-21-19-11-15(3)10-16(4)20(19)13-23(21)22(18)12-17/h6-8,10-12,14,17H,5,9,13H2,1-4H3/q+1. The first-order chi connectivity index (χ1) is 11.0. The van der Waals surface area contributed by atoms with Gasteiger partial charge in [-0.15, -0.1) is 0 Å². The van der Waals surface area contributed by atoms with Crippen LogP contribution in [0.3, 0.4) is 0 Å². The van der Waals surface area contributed by atoms with Gasteiger partial charge in [0.2, 0.25) is 11.0 Å². The van der Waals surface area contributed by atoms with Crippen LogP contribution in [0.15, 0.2) is 24.3 Å². The first-order valence-corrected chi connectivity index (χ1v) is 8.88. The summed E-state index contributed by atoms with van der Waals surface area (Å²) in [4.78, 5) is 0. The number of benzene rings is 1. The van der Waals surface area contributed by atoms with Gasteiger partial charge in [0.1, 0.15) is 0 Å². The third-order valence-corrected chi connectivity index (χ3v) is 5.32. The van der Waals surface area contributed by atoms with Crippen molar-refractivity contribution in [1.29, 1.82) is 0 Å². The molecule has 0 bridgehead atoms. The molecule has 0 amide bonds. The summed E-state index contributed by atoms with van der Waals surface area (Å²) in [6.07, 6.45) is 7.45. The molecule has 1 unspecified atom stereocenters. The average molecular weight is 304 g/mol. The third kappa shape index (κ3) is 2.43. The zero-order valence-corrected chi connectivity index (χ0v) is 14.7. The van der Waals surface area contributed by atoms with Gasteiger partial charge in [0, 0.05) is 16.8 Å². The van der Waals surface area contributed by atoms with E-state index in [0.717, 1.165) is 12.5 Å². The molecule has 2 aliphatic rings. The van der Waals surface area contributed by atoms with Crippen molar-refractivity contribution in [3.63, 3.8) is 0 Å². The van der Waals surface area contributed by atoms with Crippen molar-refractivity contribution < 1.29 is 4.57 Å². The van der Waals surface area contributed by atoms with Crippen molar-refractivity contribution in [2.75, 3.05) is 0 Å². The SMILES string of the molecule is Cc1cc(C)c2c(c1)-c1ccc3c([n+]1C2)=CC(CC(C)C)CC=3. The Morgan fingerprint density at radius 1 is 1.17 bits per heavy atom. The highest BCUT2D eigenvalue weighted by Gasteiger charge is 2.29. The van der Waals surface area contributed by atoms with E-state index >= 15 is 0 Å². The number of aryl methyl sites for hydroxylation is 2. The highest BCUT2D eigenvalue weighted by atomic mass is 15.0. The van der Waals surface area contributed by atoms with E-state index in [0.29, 0.717) is 5.92 Å². The van der Waals surface area contributed by atoms with Crippen molar-refractivity contribution in [3.8, 4) is 11.3 Å². The second-order valence-electron chi connectivity index (χ2n) is 7.75. The Labute approximate surface area is 139 Å². The Morgan fingerprint density at radius 2 is 2.00 bits per heavy atom. The molecule has 2 heterocycles. The van der Waals surface area contributed by atoms with Crippen molar-refractivity contribution in [1.82, 2.24) is 0 Å². The second-order valence-corrected chi connectivity index (χ2v) is 7.75. The number of pyridine rings is 1. The molecule has 1 aromatic heterocycles. The Bertz CT molecular complexity index is 903. The van der Waals surface area contributed by atoms with E-state index in [-0.39, 0.29) is 0 Å². The predicted molar refractivity (Wildman–Crippen MR) is 96.4 cm³/mol. The van der Waals surface area contributed by atoms with Gasteiger partial charge < -0.3 is 0 Å². The molecule has 118 valence electrons. The highest BCUT2D eigenvalue weighted by molar-refractivity contribution is 5.66. The van der Waals surface area contributed by atoms with Gasteiger partial charge in [-0.25, -0.2) is 0 Å². The minimum Gasteiger partial charge on any atom is -0.187 e. The van der Waals surface area contributed by atoms with E-state index in [1.807, 2.05) is 0 Å². The van der Waals surface area contributed by atoms with Gasteiger partial charge in [-0.05, 0) is 67.9 Å². The summed E-state index contributed by atoms with van der Waals surface area (Å²) >= 11 is 0. The maximum Gasteiger partial charge on any atom is 0.213 e. The lowest BCUT2D eigenvalue weighted by Gasteiger charge is -2.15. The molecule has 1 aromatic carbocycles. The van der Waals surface area contributed by atoms with Gasteiger partial charge >= 0.3 is 0 Å². The molecule has 1 aliphatic heterocycles. The molecule has 1 nitrogen and oxygen atoms in total. The molecular formula is C22H26N+. The van der Waals surface area contributed by atoms with Gasteiger partial charge in [0.05, 0.1) is 5.56 Å². The Hall–Kier alpha value is -1.89. The lowest BCUT2D eigenvalue weighted by Crippen LogP contribution is -2.57. The van der Waals surface area contributed by atoms with Crippen molar-refractivity contribution >= 4 is 12.2 Å². The highest BCUT2D eigenvalue weighted by Crippen LogP contribution is 2.29. The molecular weight excluding hydrogens is 278 g/mol. The lowest BCUT2D eigenvalue weighted by molar-refractivity contribution is -0.686. The third-order valence-electron chi connectivity index (χ3n) is 5.32. The first kappa shape index (κ1) is 14.7. The Kier molecular flexibility index (Phi) is 3.41. The predicted octanol–water partition coefficient (Wildman–Crippen LogP) is 3.25. The van der Waals surface area contributed by atoms with Crippen LogP contribution >= 0.6 is 0 Å². The monoisotopic (exact) mass is 304 g/mol. The van der Waals surface area contributed by atoms with Crippen LogP contribution in [0.4, 0.5) is 0 Å². The zero-order valence-electron chi connectivity index (χ0n) is 14.7. The number of hydrogen-bond acceptors (Lipinski definition) is 0. The summed E-state index contributed by atoms with van der Waals surface area (Å²) < 4.78 is 2.54. The Balaban J connectivity index is 1.90. The van der Waals surface area contributed by atoms with Crippen LogP contribution in [0.1, 0.15) is 43.4 Å². The summed E-state index contributed by atoms with van der Waals surface area (Å²) in [5.74, 6) is 1.45. The summed E-state index contributed by atoms with van der Waals surface area (Å²) in [5, 5.41) is 2.85. The van der Waals surface area contributed by atoms with E-state index in [1.165, 1.54) is 51.4 Å². The van der Waals surface area contributed by atoms with E-state index < -0.39 is 0 Å². The number of fused-ring (bicyclic) bond motifs is 5. The van der Waals surface area contributed by atoms with Gasteiger partial charge in [-0.1, -0.05) is 26.0 Å². The molecule has 0 saturated carbocycles. The normalized spacial score (nSPS) is 18.0. The number of hydrogen-bond donors (Lipinski definition) is 0. The molecule has 23 heavy (non-hydrogen) atoms. The van der Waals surface area contributed by atoms with Crippen LogP contribution in [-0.2, 0) is 6.54 Å². The van der Waals surface area contributed by atoms with Crippen LogP contribution in [0.25, 0.3) is 23.4 Å². The number of rotatable bonds is 2. The summed E-state index contributed by atoms with van der Waals surface area (Å²) in [7, 11) is 0. The van der Waals surface area contributed by atoms with E-state index in [2.05, 4.69) is 68.7 Å². The maximum atomic E-state index is 2.54. The number of nitrogens with zero attached hydrogens (tertiary/aromatic N) is 1. The largest absolute Gasteiger partial charge is 0.213 e. The lowest BCUT2D eigenvalue weighted by atomic mass is 9.91. The molecule has 4 rings (SSSR count). The molecule has 1 atom stereocenters. The van der Waals surface area contributed by atoms with Crippen LogP contribution in [-0.4, -0.2) is 0 Å². The molecule has 2 aromatic rings. The molecule has 0 saturated heterocycles.